The van der Waals surface area contributed by atoms with Crippen LogP contribution >= 0.6 is 0 Å². The molecule has 7 nitrogen and oxygen atoms in total. The minimum atomic E-state index is 0.184. The average Bonchev–Trinajstić information content (AvgIpc) is 2.74. The predicted molar refractivity (Wildman–Crippen MR) is 57.1 cm³/mol. The standard InChI is InChI=1S/C9H12N6O/c1-2-5-16-7-3-4-11-9(13-7)15-6-12-8(10)14-15/h3-4,6H,2,5H2,1H3,(H2,10,14). The van der Waals surface area contributed by atoms with Gasteiger partial charge in [0.25, 0.3) is 5.95 Å². The topological polar surface area (TPSA) is 91.7 Å². The van der Waals surface area contributed by atoms with Crippen LogP contribution in [0, 0.1) is 0 Å². The Hall–Kier alpha value is -2.18. The molecule has 0 saturated carbocycles. The van der Waals surface area contributed by atoms with Gasteiger partial charge in [-0.2, -0.15) is 9.67 Å². The maximum absolute atomic E-state index is 5.40. The third-order valence-electron chi connectivity index (χ3n) is 1.79. The minimum absolute atomic E-state index is 0.184. The molecule has 0 saturated heterocycles. The summed E-state index contributed by atoms with van der Waals surface area (Å²) in [7, 11) is 0. The molecule has 0 unspecified atom stereocenters. The Bertz CT molecular complexity index is 469. The molecule has 0 aromatic carbocycles. The number of anilines is 1. The van der Waals surface area contributed by atoms with E-state index in [0.29, 0.717) is 18.4 Å². The fraction of sp³-hybridized carbons (Fsp3) is 0.333. The Kier molecular flexibility index (Phi) is 2.95. The number of nitrogen functional groups attached to an aromatic ring is 1. The molecule has 2 aromatic heterocycles. The average molecular weight is 220 g/mol. The maximum Gasteiger partial charge on any atom is 0.255 e. The molecule has 0 fully saturated rings. The Balaban J connectivity index is 2.22. The first kappa shape index (κ1) is 10.3. The number of hydrogen-bond donors (Lipinski definition) is 1. The van der Waals surface area contributed by atoms with Crippen molar-refractivity contribution in [2.45, 2.75) is 13.3 Å². The molecule has 16 heavy (non-hydrogen) atoms. The van der Waals surface area contributed by atoms with Crippen LogP contribution in [0.3, 0.4) is 0 Å². The molecule has 2 aromatic rings. The summed E-state index contributed by atoms with van der Waals surface area (Å²) in [5.41, 5.74) is 5.40. The Labute approximate surface area is 92.3 Å². The Morgan fingerprint density at radius 2 is 2.31 bits per heavy atom. The van der Waals surface area contributed by atoms with Gasteiger partial charge in [-0.25, -0.2) is 9.97 Å². The molecule has 0 aliphatic heterocycles. The predicted octanol–water partition coefficient (Wildman–Crippen LogP) is 0.428. The molecule has 84 valence electrons. The van der Waals surface area contributed by atoms with Crippen molar-refractivity contribution in [2.75, 3.05) is 12.3 Å². The van der Waals surface area contributed by atoms with Gasteiger partial charge in [-0.15, -0.1) is 5.10 Å². The number of hydrogen-bond acceptors (Lipinski definition) is 6. The molecule has 0 aliphatic carbocycles. The van der Waals surface area contributed by atoms with Gasteiger partial charge >= 0.3 is 0 Å². The molecular formula is C9H12N6O. The molecular weight excluding hydrogens is 208 g/mol. The maximum atomic E-state index is 5.40. The van der Waals surface area contributed by atoms with Gasteiger partial charge in [0, 0.05) is 12.3 Å². The van der Waals surface area contributed by atoms with Crippen LogP contribution in [0.5, 0.6) is 5.88 Å². The summed E-state index contributed by atoms with van der Waals surface area (Å²) >= 11 is 0. The van der Waals surface area contributed by atoms with E-state index >= 15 is 0 Å². The molecule has 0 aliphatic rings. The van der Waals surface area contributed by atoms with E-state index in [1.54, 1.807) is 12.3 Å². The quantitative estimate of drug-likeness (QED) is 0.803. The smallest absolute Gasteiger partial charge is 0.255 e. The van der Waals surface area contributed by atoms with Crippen molar-refractivity contribution in [3.05, 3.63) is 18.6 Å². The lowest BCUT2D eigenvalue weighted by molar-refractivity contribution is 0.304. The summed E-state index contributed by atoms with van der Waals surface area (Å²) < 4.78 is 6.78. The summed E-state index contributed by atoms with van der Waals surface area (Å²) in [5, 5.41) is 3.91. The normalized spacial score (nSPS) is 10.3. The van der Waals surface area contributed by atoms with E-state index in [9.17, 15) is 0 Å². The zero-order valence-electron chi connectivity index (χ0n) is 8.87. The van der Waals surface area contributed by atoms with Gasteiger partial charge in [0.15, 0.2) is 0 Å². The van der Waals surface area contributed by atoms with E-state index in [0.717, 1.165) is 6.42 Å². The van der Waals surface area contributed by atoms with Crippen LogP contribution in [0.2, 0.25) is 0 Å². The van der Waals surface area contributed by atoms with Crippen LogP contribution in [-0.2, 0) is 0 Å². The van der Waals surface area contributed by atoms with Crippen LogP contribution in [0.4, 0.5) is 5.95 Å². The summed E-state index contributed by atoms with van der Waals surface area (Å²) in [6, 6.07) is 1.69. The molecule has 2 rings (SSSR count). The molecule has 0 bridgehead atoms. The van der Waals surface area contributed by atoms with Crippen molar-refractivity contribution in [2.24, 2.45) is 0 Å². The van der Waals surface area contributed by atoms with Crippen LogP contribution in [0.15, 0.2) is 18.6 Å². The van der Waals surface area contributed by atoms with Crippen LogP contribution in [0.1, 0.15) is 13.3 Å². The largest absolute Gasteiger partial charge is 0.478 e. The van der Waals surface area contributed by atoms with E-state index in [1.165, 1.54) is 11.0 Å². The van der Waals surface area contributed by atoms with Crippen molar-refractivity contribution in [1.82, 2.24) is 24.7 Å². The lowest BCUT2D eigenvalue weighted by Gasteiger charge is -2.04. The van der Waals surface area contributed by atoms with Crippen molar-refractivity contribution in [1.29, 1.82) is 0 Å². The highest BCUT2D eigenvalue weighted by molar-refractivity contribution is 5.19. The monoisotopic (exact) mass is 220 g/mol. The molecule has 2 N–H and O–H groups in total. The second-order valence-corrected chi connectivity index (χ2v) is 3.09. The number of nitrogens with two attached hydrogens (primary N) is 1. The second-order valence-electron chi connectivity index (χ2n) is 3.09. The summed E-state index contributed by atoms with van der Waals surface area (Å²) in [5.74, 6) is 1.09. The van der Waals surface area contributed by atoms with Crippen molar-refractivity contribution in [3.63, 3.8) is 0 Å². The first-order valence-corrected chi connectivity index (χ1v) is 4.93. The zero-order chi connectivity index (χ0) is 11.4. The SMILES string of the molecule is CCCOc1ccnc(-n2cnc(N)n2)n1. The zero-order valence-corrected chi connectivity index (χ0v) is 8.87. The van der Waals surface area contributed by atoms with Gasteiger partial charge in [-0.3, -0.25) is 0 Å². The van der Waals surface area contributed by atoms with Crippen molar-refractivity contribution in [3.8, 4) is 11.8 Å². The molecule has 7 heteroatoms. The number of aromatic nitrogens is 5. The van der Waals surface area contributed by atoms with E-state index in [1.807, 2.05) is 6.92 Å². The summed E-state index contributed by atoms with van der Waals surface area (Å²) in [4.78, 5) is 12.0. The van der Waals surface area contributed by atoms with E-state index in [4.69, 9.17) is 10.5 Å². The highest BCUT2D eigenvalue weighted by Crippen LogP contribution is 2.08. The highest BCUT2D eigenvalue weighted by Gasteiger charge is 2.04. The summed E-state index contributed by atoms with van der Waals surface area (Å²) in [6.07, 6.45) is 3.98. The fourth-order valence-electron chi connectivity index (χ4n) is 1.10. The van der Waals surface area contributed by atoms with E-state index in [2.05, 4.69) is 20.1 Å². The highest BCUT2D eigenvalue weighted by atomic mass is 16.5. The first-order valence-electron chi connectivity index (χ1n) is 4.93. The first-order chi connectivity index (χ1) is 7.79. The lowest BCUT2D eigenvalue weighted by atomic mass is 10.5. The van der Waals surface area contributed by atoms with Gasteiger partial charge < -0.3 is 10.5 Å². The number of rotatable bonds is 4. The van der Waals surface area contributed by atoms with Gasteiger partial charge in [0.1, 0.15) is 6.33 Å². The van der Waals surface area contributed by atoms with Gasteiger partial charge in [-0.05, 0) is 6.42 Å². The molecule has 2 heterocycles. The fourth-order valence-corrected chi connectivity index (χ4v) is 1.10. The molecule has 0 spiro atoms. The second kappa shape index (κ2) is 4.56. The number of ether oxygens (including phenoxy) is 1. The Morgan fingerprint density at radius 3 is 3.00 bits per heavy atom. The lowest BCUT2D eigenvalue weighted by Crippen LogP contribution is -2.05. The minimum Gasteiger partial charge on any atom is -0.478 e. The van der Waals surface area contributed by atoms with Crippen LogP contribution in [-0.4, -0.2) is 31.3 Å². The van der Waals surface area contributed by atoms with E-state index < -0.39 is 0 Å². The third-order valence-corrected chi connectivity index (χ3v) is 1.79. The third kappa shape index (κ3) is 2.25. The van der Waals surface area contributed by atoms with Gasteiger partial charge in [0.2, 0.25) is 11.8 Å². The number of nitrogens with zero attached hydrogens (tertiary/aromatic N) is 5. The van der Waals surface area contributed by atoms with E-state index in [-0.39, 0.29) is 5.95 Å². The van der Waals surface area contributed by atoms with Crippen molar-refractivity contribution >= 4 is 5.95 Å². The van der Waals surface area contributed by atoms with Crippen LogP contribution in [0.25, 0.3) is 5.95 Å². The van der Waals surface area contributed by atoms with Gasteiger partial charge in [0.05, 0.1) is 6.61 Å². The molecule has 0 radical (unpaired) electrons. The Morgan fingerprint density at radius 1 is 1.44 bits per heavy atom. The molecule has 0 amide bonds. The molecule has 0 atom stereocenters. The van der Waals surface area contributed by atoms with Gasteiger partial charge in [-0.1, -0.05) is 6.92 Å². The van der Waals surface area contributed by atoms with Crippen molar-refractivity contribution < 1.29 is 4.74 Å². The summed E-state index contributed by atoms with van der Waals surface area (Å²) in [6.45, 7) is 2.65. The van der Waals surface area contributed by atoms with Crippen LogP contribution < -0.4 is 10.5 Å².